The average Bonchev–Trinajstić information content (AvgIpc) is 2.18. The molecule has 1 unspecified atom stereocenters. The van der Waals surface area contributed by atoms with Gasteiger partial charge in [0.15, 0.2) is 0 Å². The third-order valence-electron chi connectivity index (χ3n) is 2.56. The molecule has 1 atom stereocenters. The molecule has 15 heavy (non-hydrogen) atoms. The van der Waals surface area contributed by atoms with E-state index >= 15 is 0 Å². The Labute approximate surface area is 93.0 Å². The van der Waals surface area contributed by atoms with Gasteiger partial charge in [0.2, 0.25) is 0 Å². The number of rotatable bonds is 9. The van der Waals surface area contributed by atoms with Crippen molar-refractivity contribution in [3.05, 3.63) is 0 Å². The number of aliphatic hydroxyl groups is 1. The summed E-state index contributed by atoms with van der Waals surface area (Å²) in [5.41, 5.74) is -0.0934. The van der Waals surface area contributed by atoms with Crippen molar-refractivity contribution in [3.8, 4) is 0 Å². The quantitative estimate of drug-likeness (QED) is 0.602. The van der Waals surface area contributed by atoms with Gasteiger partial charge in [0, 0.05) is 26.9 Å². The molecule has 0 amide bonds. The Morgan fingerprint density at radius 1 is 1.33 bits per heavy atom. The second kappa shape index (κ2) is 8.05. The van der Waals surface area contributed by atoms with Crippen LogP contribution in [-0.4, -0.2) is 50.7 Å². The van der Waals surface area contributed by atoms with Crippen molar-refractivity contribution in [1.82, 2.24) is 5.32 Å². The molecule has 4 heteroatoms. The van der Waals surface area contributed by atoms with Crippen LogP contribution in [0.5, 0.6) is 0 Å². The van der Waals surface area contributed by atoms with E-state index in [9.17, 15) is 0 Å². The van der Waals surface area contributed by atoms with Crippen LogP contribution in [0.25, 0.3) is 0 Å². The Hall–Kier alpha value is -0.160. The van der Waals surface area contributed by atoms with Crippen LogP contribution in [0.4, 0.5) is 0 Å². The smallest absolute Gasteiger partial charge is 0.0634 e. The predicted octanol–water partition coefficient (Wildman–Crippen LogP) is 0.788. The van der Waals surface area contributed by atoms with Crippen LogP contribution in [0.15, 0.2) is 0 Å². The maximum Gasteiger partial charge on any atom is 0.0634 e. The van der Waals surface area contributed by atoms with E-state index in [2.05, 4.69) is 19.2 Å². The summed E-state index contributed by atoms with van der Waals surface area (Å²) >= 11 is 0. The van der Waals surface area contributed by atoms with Gasteiger partial charge < -0.3 is 19.9 Å². The van der Waals surface area contributed by atoms with Crippen molar-refractivity contribution in [3.63, 3.8) is 0 Å². The molecule has 0 heterocycles. The lowest BCUT2D eigenvalue weighted by atomic mass is 10.1. The molecule has 0 bridgehead atoms. The van der Waals surface area contributed by atoms with E-state index in [-0.39, 0.29) is 18.2 Å². The monoisotopic (exact) mass is 219 g/mol. The molecule has 0 aliphatic carbocycles. The fourth-order valence-corrected chi connectivity index (χ4v) is 1.28. The van der Waals surface area contributed by atoms with Gasteiger partial charge in [-0.3, -0.25) is 0 Å². The minimum absolute atomic E-state index is 0.0934. The number of ether oxygens (including phenoxy) is 2. The van der Waals surface area contributed by atoms with Gasteiger partial charge in [-0.25, -0.2) is 0 Å². The maximum atomic E-state index is 8.85. The lowest BCUT2D eigenvalue weighted by Gasteiger charge is -2.24. The van der Waals surface area contributed by atoms with Crippen LogP contribution in [0.1, 0.15) is 26.7 Å². The Balaban J connectivity index is 3.69. The standard InChI is InChI=1S/C11H25NO3/c1-11(2,15-4)6-7-12-10(5-8-13)9-14-3/h10,12-13H,5-9H2,1-4H3. The topological polar surface area (TPSA) is 50.7 Å². The number of methoxy groups -OCH3 is 2. The first kappa shape index (κ1) is 14.8. The first-order valence-corrected chi connectivity index (χ1v) is 5.44. The molecule has 0 aliphatic heterocycles. The molecule has 0 saturated heterocycles. The fraction of sp³-hybridized carbons (Fsp3) is 1.00. The first-order chi connectivity index (χ1) is 7.05. The van der Waals surface area contributed by atoms with Gasteiger partial charge in [-0.05, 0) is 33.2 Å². The molecule has 0 aromatic rings. The molecular formula is C11H25NO3. The van der Waals surface area contributed by atoms with Crippen molar-refractivity contribution >= 4 is 0 Å². The Morgan fingerprint density at radius 3 is 2.47 bits per heavy atom. The molecule has 0 fully saturated rings. The third kappa shape index (κ3) is 7.73. The van der Waals surface area contributed by atoms with Crippen molar-refractivity contribution in [1.29, 1.82) is 0 Å². The van der Waals surface area contributed by atoms with Crippen LogP contribution in [-0.2, 0) is 9.47 Å². The lowest BCUT2D eigenvalue weighted by Crippen LogP contribution is -2.38. The first-order valence-electron chi connectivity index (χ1n) is 5.44. The molecule has 4 nitrogen and oxygen atoms in total. The summed E-state index contributed by atoms with van der Waals surface area (Å²) in [4.78, 5) is 0. The van der Waals surface area contributed by atoms with E-state index in [1.807, 2.05) is 0 Å². The van der Waals surface area contributed by atoms with Crippen LogP contribution in [0, 0.1) is 0 Å². The zero-order valence-corrected chi connectivity index (χ0v) is 10.4. The molecule has 0 spiro atoms. The zero-order chi connectivity index (χ0) is 11.7. The number of aliphatic hydroxyl groups excluding tert-OH is 1. The number of nitrogens with one attached hydrogen (secondary N) is 1. The van der Waals surface area contributed by atoms with E-state index in [0.29, 0.717) is 6.61 Å². The van der Waals surface area contributed by atoms with Crippen LogP contribution in [0.2, 0.25) is 0 Å². The highest BCUT2D eigenvalue weighted by molar-refractivity contribution is 4.72. The Bertz CT molecular complexity index is 145. The normalized spacial score (nSPS) is 14.2. The summed E-state index contributed by atoms with van der Waals surface area (Å²) in [6, 6.07) is 0.229. The molecule has 0 rings (SSSR count). The average molecular weight is 219 g/mol. The van der Waals surface area contributed by atoms with Gasteiger partial charge in [0.1, 0.15) is 0 Å². The molecule has 0 aromatic heterocycles. The van der Waals surface area contributed by atoms with Gasteiger partial charge in [-0.15, -0.1) is 0 Å². The lowest BCUT2D eigenvalue weighted by molar-refractivity contribution is 0.0144. The minimum Gasteiger partial charge on any atom is -0.396 e. The Morgan fingerprint density at radius 2 is 2.00 bits per heavy atom. The molecule has 2 N–H and O–H groups in total. The zero-order valence-electron chi connectivity index (χ0n) is 10.4. The van der Waals surface area contributed by atoms with E-state index in [1.54, 1.807) is 14.2 Å². The summed E-state index contributed by atoms with van der Waals surface area (Å²) in [7, 11) is 3.39. The van der Waals surface area contributed by atoms with Gasteiger partial charge in [-0.1, -0.05) is 0 Å². The SMILES string of the molecule is COCC(CCO)NCCC(C)(C)OC. The summed E-state index contributed by atoms with van der Waals surface area (Å²) < 4.78 is 10.4. The van der Waals surface area contributed by atoms with E-state index in [1.165, 1.54) is 0 Å². The molecular weight excluding hydrogens is 194 g/mol. The third-order valence-corrected chi connectivity index (χ3v) is 2.56. The molecule has 92 valence electrons. The summed E-state index contributed by atoms with van der Waals surface area (Å²) in [5.74, 6) is 0. The highest BCUT2D eigenvalue weighted by Crippen LogP contribution is 2.11. The molecule has 0 aliphatic rings. The van der Waals surface area contributed by atoms with Gasteiger partial charge in [-0.2, -0.15) is 0 Å². The molecule has 0 radical (unpaired) electrons. The van der Waals surface area contributed by atoms with Crippen molar-refractivity contribution < 1.29 is 14.6 Å². The van der Waals surface area contributed by atoms with Crippen LogP contribution >= 0.6 is 0 Å². The van der Waals surface area contributed by atoms with Crippen LogP contribution in [0.3, 0.4) is 0 Å². The number of hydrogen-bond donors (Lipinski definition) is 2. The second-order valence-electron chi connectivity index (χ2n) is 4.33. The van der Waals surface area contributed by atoms with Crippen molar-refractivity contribution in [2.45, 2.75) is 38.3 Å². The minimum atomic E-state index is -0.0934. The highest BCUT2D eigenvalue weighted by Gasteiger charge is 2.16. The molecule has 0 saturated carbocycles. The van der Waals surface area contributed by atoms with E-state index < -0.39 is 0 Å². The van der Waals surface area contributed by atoms with E-state index in [0.717, 1.165) is 19.4 Å². The van der Waals surface area contributed by atoms with Gasteiger partial charge in [0.05, 0.1) is 12.2 Å². The van der Waals surface area contributed by atoms with Crippen molar-refractivity contribution in [2.24, 2.45) is 0 Å². The number of hydrogen-bond acceptors (Lipinski definition) is 4. The fourth-order valence-electron chi connectivity index (χ4n) is 1.28. The predicted molar refractivity (Wildman–Crippen MR) is 61.1 cm³/mol. The van der Waals surface area contributed by atoms with Crippen LogP contribution < -0.4 is 5.32 Å². The Kier molecular flexibility index (Phi) is 7.96. The van der Waals surface area contributed by atoms with Crippen molar-refractivity contribution in [2.75, 3.05) is 34.0 Å². The summed E-state index contributed by atoms with van der Waals surface area (Å²) in [6.45, 7) is 5.82. The maximum absolute atomic E-state index is 8.85. The summed E-state index contributed by atoms with van der Waals surface area (Å²) in [5, 5.41) is 12.2. The largest absolute Gasteiger partial charge is 0.396 e. The highest BCUT2D eigenvalue weighted by atomic mass is 16.5. The van der Waals surface area contributed by atoms with E-state index in [4.69, 9.17) is 14.6 Å². The van der Waals surface area contributed by atoms with Gasteiger partial charge in [0.25, 0.3) is 0 Å². The summed E-state index contributed by atoms with van der Waals surface area (Å²) in [6.07, 6.45) is 1.66. The second-order valence-corrected chi connectivity index (χ2v) is 4.33. The molecule has 0 aromatic carbocycles. The van der Waals surface area contributed by atoms with Gasteiger partial charge >= 0.3 is 0 Å².